The van der Waals surface area contributed by atoms with Gasteiger partial charge >= 0.3 is 0 Å². The van der Waals surface area contributed by atoms with Gasteiger partial charge in [0, 0.05) is 31.6 Å². The summed E-state index contributed by atoms with van der Waals surface area (Å²) in [5.74, 6) is -0.198. The maximum absolute atomic E-state index is 11.4. The van der Waals surface area contributed by atoms with Crippen LogP contribution in [-0.4, -0.2) is 35.7 Å². The van der Waals surface area contributed by atoms with Gasteiger partial charge in [-0.25, -0.2) is 0 Å². The first-order chi connectivity index (χ1) is 8.17. The number of aliphatic hydroxyl groups excluding tert-OH is 1. The smallest absolute Gasteiger partial charge is 0.269 e. The third-order valence-electron chi connectivity index (χ3n) is 2.43. The Bertz CT molecular complexity index is 369. The number of aromatic nitrogens is 1. The fourth-order valence-electron chi connectivity index (χ4n) is 1.53. The Hall–Kier alpha value is -1.62. The molecular weight excluding hydrogens is 218 g/mol. The fourth-order valence-corrected chi connectivity index (χ4v) is 1.53. The Kier molecular flexibility index (Phi) is 5.42. The van der Waals surface area contributed by atoms with Crippen molar-refractivity contribution < 1.29 is 9.90 Å². The van der Waals surface area contributed by atoms with Crippen molar-refractivity contribution in [1.29, 1.82) is 0 Å². The minimum absolute atomic E-state index is 0.198. The summed E-state index contributed by atoms with van der Waals surface area (Å²) in [7, 11) is 1.58. The zero-order valence-corrected chi connectivity index (χ0v) is 10.2. The Morgan fingerprint density at radius 1 is 1.59 bits per heavy atom. The molecule has 0 aliphatic rings. The lowest BCUT2D eigenvalue weighted by molar-refractivity contribution is 0.0958. The molecule has 1 atom stereocenters. The molecule has 1 unspecified atom stereocenters. The predicted octanol–water partition coefficient (Wildman–Crippen LogP) is 1.01. The summed E-state index contributed by atoms with van der Waals surface area (Å²) in [6.45, 7) is 2.24. The molecule has 1 heterocycles. The first-order valence-corrected chi connectivity index (χ1v) is 5.73. The maximum Gasteiger partial charge on any atom is 0.269 e. The highest BCUT2D eigenvalue weighted by Crippen LogP contribution is 2.11. The van der Waals surface area contributed by atoms with Gasteiger partial charge in [-0.1, -0.05) is 0 Å². The van der Waals surface area contributed by atoms with Crippen LogP contribution >= 0.6 is 0 Å². The third kappa shape index (κ3) is 4.40. The van der Waals surface area contributed by atoms with Crippen LogP contribution in [0.5, 0.6) is 0 Å². The minimum Gasteiger partial charge on any atom is -0.396 e. The molecule has 0 spiro atoms. The van der Waals surface area contributed by atoms with Crippen molar-refractivity contribution in [3.8, 4) is 0 Å². The van der Waals surface area contributed by atoms with Crippen LogP contribution in [0.15, 0.2) is 18.3 Å². The molecule has 0 bridgehead atoms. The van der Waals surface area contributed by atoms with Gasteiger partial charge in [-0.15, -0.1) is 0 Å². The molecule has 0 saturated carbocycles. The summed E-state index contributed by atoms with van der Waals surface area (Å²) in [6.07, 6.45) is 3.25. The van der Waals surface area contributed by atoms with Gasteiger partial charge in [-0.05, 0) is 31.9 Å². The van der Waals surface area contributed by atoms with Gasteiger partial charge in [0.1, 0.15) is 5.69 Å². The topological polar surface area (TPSA) is 74.2 Å². The molecule has 1 aromatic rings. The Morgan fingerprint density at radius 2 is 2.35 bits per heavy atom. The molecule has 17 heavy (non-hydrogen) atoms. The van der Waals surface area contributed by atoms with E-state index in [4.69, 9.17) is 5.11 Å². The van der Waals surface area contributed by atoms with Crippen LogP contribution in [0.3, 0.4) is 0 Å². The molecule has 0 saturated heterocycles. The number of pyridine rings is 1. The van der Waals surface area contributed by atoms with Crippen LogP contribution < -0.4 is 10.6 Å². The lowest BCUT2D eigenvalue weighted by atomic mass is 10.2. The minimum atomic E-state index is -0.198. The molecule has 0 radical (unpaired) electrons. The lowest BCUT2D eigenvalue weighted by Gasteiger charge is -2.14. The number of aliphatic hydroxyl groups is 1. The SMILES string of the molecule is CNC(=O)c1cc(NC(C)CCCO)ccn1. The van der Waals surface area contributed by atoms with Crippen molar-refractivity contribution in [1.82, 2.24) is 10.3 Å². The highest BCUT2D eigenvalue weighted by Gasteiger charge is 2.07. The first-order valence-electron chi connectivity index (χ1n) is 5.73. The second-order valence-corrected chi connectivity index (χ2v) is 3.92. The molecule has 0 aromatic carbocycles. The average Bonchev–Trinajstić information content (AvgIpc) is 2.35. The number of carbonyl (C=O) groups excluding carboxylic acids is 1. The Morgan fingerprint density at radius 3 is 3.00 bits per heavy atom. The molecular formula is C12H19N3O2. The first kappa shape index (κ1) is 13.4. The van der Waals surface area contributed by atoms with Crippen molar-refractivity contribution in [2.24, 2.45) is 0 Å². The zero-order valence-electron chi connectivity index (χ0n) is 10.2. The molecule has 1 amide bonds. The fraction of sp³-hybridized carbons (Fsp3) is 0.500. The van der Waals surface area contributed by atoms with Crippen LogP contribution in [0.1, 0.15) is 30.3 Å². The Balaban J connectivity index is 2.62. The van der Waals surface area contributed by atoms with Gasteiger partial charge in [0.25, 0.3) is 5.91 Å². The van der Waals surface area contributed by atoms with Gasteiger partial charge in [0.15, 0.2) is 0 Å². The van der Waals surface area contributed by atoms with Crippen LogP contribution in [0.25, 0.3) is 0 Å². The van der Waals surface area contributed by atoms with E-state index in [2.05, 4.69) is 15.6 Å². The second kappa shape index (κ2) is 6.85. The van der Waals surface area contributed by atoms with E-state index in [1.165, 1.54) is 0 Å². The third-order valence-corrected chi connectivity index (χ3v) is 2.43. The van der Waals surface area contributed by atoms with Crippen molar-refractivity contribution in [2.45, 2.75) is 25.8 Å². The summed E-state index contributed by atoms with van der Waals surface area (Å²) in [6, 6.07) is 3.79. The number of hydrogen-bond acceptors (Lipinski definition) is 4. The molecule has 0 aliphatic carbocycles. The van der Waals surface area contributed by atoms with E-state index < -0.39 is 0 Å². The normalized spacial score (nSPS) is 11.9. The van der Waals surface area contributed by atoms with E-state index in [9.17, 15) is 4.79 Å². The van der Waals surface area contributed by atoms with E-state index in [-0.39, 0.29) is 18.6 Å². The summed E-state index contributed by atoms with van der Waals surface area (Å²) < 4.78 is 0. The van der Waals surface area contributed by atoms with Gasteiger partial charge in [0.2, 0.25) is 0 Å². The van der Waals surface area contributed by atoms with Crippen LogP contribution in [-0.2, 0) is 0 Å². The van der Waals surface area contributed by atoms with E-state index in [1.54, 1.807) is 19.3 Å². The highest BCUT2D eigenvalue weighted by atomic mass is 16.2. The van der Waals surface area contributed by atoms with Crippen molar-refractivity contribution in [3.63, 3.8) is 0 Å². The van der Waals surface area contributed by atoms with Gasteiger partial charge in [-0.3, -0.25) is 9.78 Å². The molecule has 0 aliphatic heterocycles. The van der Waals surface area contributed by atoms with Gasteiger partial charge in [-0.2, -0.15) is 0 Å². The Labute approximate surface area is 101 Å². The van der Waals surface area contributed by atoms with Crippen molar-refractivity contribution in [3.05, 3.63) is 24.0 Å². The second-order valence-electron chi connectivity index (χ2n) is 3.92. The molecule has 1 rings (SSSR count). The molecule has 5 heteroatoms. The quantitative estimate of drug-likeness (QED) is 0.690. The number of anilines is 1. The molecule has 3 N–H and O–H groups in total. The predicted molar refractivity (Wildman–Crippen MR) is 67.0 cm³/mol. The number of hydrogen-bond donors (Lipinski definition) is 3. The number of nitrogens with one attached hydrogen (secondary N) is 2. The van der Waals surface area contributed by atoms with Crippen LogP contribution in [0.2, 0.25) is 0 Å². The molecule has 1 aromatic heterocycles. The highest BCUT2D eigenvalue weighted by molar-refractivity contribution is 5.92. The number of amides is 1. The number of carbonyl (C=O) groups is 1. The van der Waals surface area contributed by atoms with E-state index in [1.807, 2.05) is 13.0 Å². The molecule has 0 fully saturated rings. The largest absolute Gasteiger partial charge is 0.396 e. The zero-order chi connectivity index (χ0) is 12.7. The number of rotatable bonds is 6. The van der Waals surface area contributed by atoms with Gasteiger partial charge < -0.3 is 15.7 Å². The van der Waals surface area contributed by atoms with E-state index >= 15 is 0 Å². The summed E-state index contributed by atoms with van der Waals surface area (Å²) in [5.41, 5.74) is 1.26. The summed E-state index contributed by atoms with van der Waals surface area (Å²) in [5, 5.41) is 14.5. The monoisotopic (exact) mass is 237 g/mol. The van der Waals surface area contributed by atoms with Crippen molar-refractivity contribution >= 4 is 11.6 Å². The van der Waals surface area contributed by atoms with E-state index in [0.717, 1.165) is 18.5 Å². The standard InChI is InChI=1S/C12H19N3O2/c1-9(4-3-7-16)15-10-5-6-14-11(8-10)12(17)13-2/h5-6,8-9,16H,3-4,7H2,1-2H3,(H,13,17)(H,14,15). The van der Waals surface area contributed by atoms with Crippen LogP contribution in [0.4, 0.5) is 5.69 Å². The maximum atomic E-state index is 11.4. The summed E-state index contributed by atoms with van der Waals surface area (Å²) in [4.78, 5) is 15.4. The van der Waals surface area contributed by atoms with Crippen molar-refractivity contribution in [2.75, 3.05) is 19.0 Å². The number of nitrogens with zero attached hydrogens (tertiary/aromatic N) is 1. The lowest BCUT2D eigenvalue weighted by Crippen LogP contribution is -2.20. The summed E-state index contributed by atoms with van der Waals surface area (Å²) >= 11 is 0. The van der Waals surface area contributed by atoms with Crippen LogP contribution in [0, 0.1) is 0 Å². The molecule has 5 nitrogen and oxygen atoms in total. The van der Waals surface area contributed by atoms with E-state index in [0.29, 0.717) is 5.69 Å². The average molecular weight is 237 g/mol. The van der Waals surface area contributed by atoms with Gasteiger partial charge in [0.05, 0.1) is 0 Å². The molecule has 94 valence electrons.